The highest BCUT2D eigenvalue weighted by atomic mass is 35.5. The normalized spacial score (nSPS) is 16.8. The van der Waals surface area contributed by atoms with Gasteiger partial charge in [-0.15, -0.1) is 11.6 Å². The van der Waals surface area contributed by atoms with Crippen molar-refractivity contribution in [2.45, 2.75) is 19.1 Å². The Kier molecular flexibility index (Phi) is 4.79. The molecule has 1 heterocycles. The molecule has 3 heteroatoms. The zero-order valence-corrected chi connectivity index (χ0v) is 12.8. The highest BCUT2D eigenvalue weighted by Gasteiger charge is 2.24. The van der Waals surface area contributed by atoms with Crippen LogP contribution in [0, 0.1) is 0 Å². The summed E-state index contributed by atoms with van der Waals surface area (Å²) in [6, 6.07) is 18.8. The fourth-order valence-electron chi connectivity index (χ4n) is 2.84. The lowest BCUT2D eigenvalue weighted by atomic mass is 10.1. The fourth-order valence-corrected chi connectivity index (χ4v) is 3.08. The zero-order valence-electron chi connectivity index (χ0n) is 12.0. The Bertz CT molecular complexity index is 547. The number of fused-ring (bicyclic) bond motifs is 1. The van der Waals surface area contributed by atoms with Crippen LogP contribution in [0.2, 0.25) is 0 Å². The van der Waals surface area contributed by atoms with E-state index in [-0.39, 0.29) is 6.10 Å². The zero-order chi connectivity index (χ0) is 14.5. The minimum Gasteiger partial charge on any atom is -0.488 e. The minimum atomic E-state index is 0.231. The van der Waals surface area contributed by atoms with Crippen LogP contribution in [0.4, 0.5) is 0 Å². The summed E-state index contributed by atoms with van der Waals surface area (Å²) in [5.41, 5.74) is 2.63. The van der Waals surface area contributed by atoms with Crippen molar-refractivity contribution in [2.24, 2.45) is 0 Å². The van der Waals surface area contributed by atoms with Crippen molar-refractivity contribution in [1.29, 1.82) is 0 Å². The predicted octanol–water partition coefficient (Wildman–Crippen LogP) is 3.73. The fraction of sp³-hybridized carbons (Fsp3) is 0.333. The van der Waals surface area contributed by atoms with Gasteiger partial charge >= 0.3 is 0 Å². The molecule has 2 nitrogen and oxygen atoms in total. The molecular weight excluding hydrogens is 282 g/mol. The summed E-state index contributed by atoms with van der Waals surface area (Å²) in [4.78, 5) is 2.37. The van der Waals surface area contributed by atoms with E-state index in [1.54, 1.807) is 0 Å². The lowest BCUT2D eigenvalue weighted by Gasteiger charge is -2.24. The van der Waals surface area contributed by atoms with Crippen LogP contribution < -0.4 is 4.74 Å². The van der Waals surface area contributed by atoms with Gasteiger partial charge in [0.25, 0.3) is 0 Å². The van der Waals surface area contributed by atoms with Crippen molar-refractivity contribution in [2.75, 3.05) is 19.0 Å². The summed E-state index contributed by atoms with van der Waals surface area (Å²) >= 11 is 5.95. The average molecular weight is 302 g/mol. The number of halogens is 1. The standard InChI is InChI=1S/C18H20ClNO/c19-10-11-20(13-15-6-2-1-3-7-15)14-17-12-16-8-4-5-9-18(16)21-17/h1-9,17H,10-14H2. The summed E-state index contributed by atoms with van der Waals surface area (Å²) in [6.45, 7) is 2.71. The highest BCUT2D eigenvalue weighted by Crippen LogP contribution is 2.28. The lowest BCUT2D eigenvalue weighted by Crippen LogP contribution is -2.35. The lowest BCUT2D eigenvalue weighted by molar-refractivity contribution is 0.150. The topological polar surface area (TPSA) is 12.5 Å². The van der Waals surface area contributed by atoms with Crippen molar-refractivity contribution in [3.8, 4) is 5.75 Å². The summed E-state index contributed by atoms with van der Waals surface area (Å²) in [5, 5.41) is 0. The Hall–Kier alpha value is -1.51. The van der Waals surface area contributed by atoms with E-state index in [0.717, 1.165) is 31.8 Å². The van der Waals surface area contributed by atoms with Gasteiger partial charge in [-0.05, 0) is 17.2 Å². The molecule has 0 aliphatic carbocycles. The Morgan fingerprint density at radius 3 is 2.57 bits per heavy atom. The number of alkyl halides is 1. The van der Waals surface area contributed by atoms with Gasteiger partial charge in [-0.25, -0.2) is 0 Å². The Morgan fingerprint density at radius 2 is 1.81 bits per heavy atom. The first-order valence-corrected chi connectivity index (χ1v) is 7.95. The molecule has 1 unspecified atom stereocenters. The smallest absolute Gasteiger partial charge is 0.123 e. The third kappa shape index (κ3) is 3.78. The van der Waals surface area contributed by atoms with Gasteiger partial charge in [0.15, 0.2) is 0 Å². The summed E-state index contributed by atoms with van der Waals surface area (Å²) in [7, 11) is 0. The monoisotopic (exact) mass is 301 g/mol. The van der Waals surface area contributed by atoms with Gasteiger partial charge in [0.1, 0.15) is 11.9 Å². The quantitative estimate of drug-likeness (QED) is 0.754. The van der Waals surface area contributed by atoms with Gasteiger partial charge in [-0.3, -0.25) is 4.90 Å². The van der Waals surface area contributed by atoms with E-state index in [9.17, 15) is 0 Å². The van der Waals surface area contributed by atoms with Crippen molar-refractivity contribution in [1.82, 2.24) is 4.90 Å². The van der Waals surface area contributed by atoms with Gasteiger partial charge < -0.3 is 4.74 Å². The molecule has 0 saturated heterocycles. The molecule has 2 aromatic rings. The first-order valence-electron chi connectivity index (χ1n) is 7.42. The first kappa shape index (κ1) is 14.4. The SMILES string of the molecule is ClCCN(Cc1ccccc1)CC1Cc2ccccc2O1. The second kappa shape index (κ2) is 6.97. The molecule has 2 aromatic carbocycles. The van der Waals surface area contributed by atoms with E-state index in [4.69, 9.17) is 16.3 Å². The molecule has 0 fully saturated rings. The van der Waals surface area contributed by atoms with Crippen LogP contribution >= 0.6 is 11.6 Å². The van der Waals surface area contributed by atoms with Crippen molar-refractivity contribution in [3.63, 3.8) is 0 Å². The van der Waals surface area contributed by atoms with Crippen LogP contribution in [0.1, 0.15) is 11.1 Å². The molecule has 0 radical (unpaired) electrons. The number of ether oxygens (including phenoxy) is 1. The molecule has 1 aliphatic rings. The van der Waals surface area contributed by atoms with Gasteiger partial charge in [0.2, 0.25) is 0 Å². The molecule has 110 valence electrons. The van der Waals surface area contributed by atoms with Crippen LogP contribution in [0.3, 0.4) is 0 Å². The molecule has 0 saturated carbocycles. The summed E-state index contributed by atoms with van der Waals surface area (Å²) in [5.74, 6) is 1.68. The van der Waals surface area contributed by atoms with Crippen molar-refractivity contribution >= 4 is 11.6 Å². The van der Waals surface area contributed by atoms with Gasteiger partial charge in [0, 0.05) is 31.9 Å². The van der Waals surface area contributed by atoms with E-state index in [0.29, 0.717) is 5.88 Å². The Balaban J connectivity index is 1.61. The van der Waals surface area contributed by atoms with Crippen LogP contribution in [0.5, 0.6) is 5.75 Å². The Morgan fingerprint density at radius 1 is 1.05 bits per heavy atom. The molecule has 3 rings (SSSR count). The number of benzene rings is 2. The van der Waals surface area contributed by atoms with Gasteiger partial charge in [-0.1, -0.05) is 48.5 Å². The molecular formula is C18H20ClNO. The number of hydrogen-bond acceptors (Lipinski definition) is 2. The van der Waals surface area contributed by atoms with Crippen LogP contribution in [-0.4, -0.2) is 30.0 Å². The van der Waals surface area contributed by atoms with E-state index in [2.05, 4.69) is 47.4 Å². The van der Waals surface area contributed by atoms with Crippen LogP contribution in [0.25, 0.3) is 0 Å². The molecule has 0 N–H and O–H groups in total. The molecule has 21 heavy (non-hydrogen) atoms. The largest absolute Gasteiger partial charge is 0.488 e. The molecule has 0 amide bonds. The second-order valence-electron chi connectivity index (χ2n) is 5.46. The third-order valence-electron chi connectivity index (χ3n) is 3.83. The number of para-hydroxylation sites is 1. The van der Waals surface area contributed by atoms with Gasteiger partial charge in [0.05, 0.1) is 0 Å². The number of hydrogen-bond donors (Lipinski definition) is 0. The molecule has 0 spiro atoms. The summed E-state index contributed by atoms with van der Waals surface area (Å²) < 4.78 is 6.04. The Labute approximate surface area is 131 Å². The van der Waals surface area contributed by atoms with Crippen molar-refractivity contribution < 1.29 is 4.74 Å². The van der Waals surface area contributed by atoms with Crippen LogP contribution in [0.15, 0.2) is 54.6 Å². The first-order chi connectivity index (χ1) is 10.3. The van der Waals surface area contributed by atoms with E-state index in [1.807, 2.05) is 12.1 Å². The minimum absolute atomic E-state index is 0.231. The van der Waals surface area contributed by atoms with E-state index < -0.39 is 0 Å². The predicted molar refractivity (Wildman–Crippen MR) is 87.0 cm³/mol. The van der Waals surface area contributed by atoms with E-state index in [1.165, 1.54) is 11.1 Å². The molecule has 0 aromatic heterocycles. The molecule has 1 atom stereocenters. The van der Waals surface area contributed by atoms with E-state index >= 15 is 0 Å². The maximum atomic E-state index is 6.04. The maximum Gasteiger partial charge on any atom is 0.123 e. The highest BCUT2D eigenvalue weighted by molar-refractivity contribution is 6.18. The molecule has 1 aliphatic heterocycles. The van der Waals surface area contributed by atoms with Gasteiger partial charge in [-0.2, -0.15) is 0 Å². The summed E-state index contributed by atoms with van der Waals surface area (Å²) in [6.07, 6.45) is 1.22. The number of nitrogens with zero attached hydrogens (tertiary/aromatic N) is 1. The maximum absolute atomic E-state index is 6.04. The third-order valence-corrected chi connectivity index (χ3v) is 3.99. The number of rotatable bonds is 6. The van der Waals surface area contributed by atoms with Crippen molar-refractivity contribution in [3.05, 3.63) is 65.7 Å². The molecule has 0 bridgehead atoms. The average Bonchev–Trinajstić information content (AvgIpc) is 2.90. The van der Waals surface area contributed by atoms with Crippen LogP contribution in [-0.2, 0) is 13.0 Å². The second-order valence-corrected chi connectivity index (χ2v) is 5.84.